The molecule has 5 heteroatoms. The molecule has 0 unspecified atom stereocenters. The third-order valence-corrected chi connectivity index (χ3v) is 3.77. The summed E-state index contributed by atoms with van der Waals surface area (Å²) in [5.41, 5.74) is 9.14. The first kappa shape index (κ1) is 11.3. The number of carbonyl (C=O) groups is 1. The number of fused-ring (bicyclic) bond motifs is 1. The summed E-state index contributed by atoms with van der Waals surface area (Å²) in [6.07, 6.45) is 2.29. The number of nitrogens with two attached hydrogens (primary N) is 1. The average molecular weight is 307 g/mol. The van der Waals surface area contributed by atoms with Gasteiger partial charge in [0.05, 0.1) is 11.8 Å². The number of furan rings is 1. The predicted molar refractivity (Wildman–Crippen MR) is 72.6 cm³/mol. The molecule has 1 aromatic carbocycles. The normalized spacial score (nSPS) is 13.7. The van der Waals surface area contributed by atoms with Crippen molar-refractivity contribution in [3.63, 3.8) is 0 Å². The largest absolute Gasteiger partial charge is 0.457 e. The van der Waals surface area contributed by atoms with Crippen LogP contribution < -0.4 is 10.6 Å². The standard InChI is InChI=1S/C13H11BrN2O2/c14-12-9(5-7-18-12)13(17)16-6-4-8-10(15)2-1-3-11(8)16/h1-3,5,7H,4,6,15H2. The molecule has 0 bridgehead atoms. The minimum atomic E-state index is -0.0695. The number of carbonyl (C=O) groups excluding carboxylic acids is 1. The lowest BCUT2D eigenvalue weighted by Crippen LogP contribution is -2.28. The first-order chi connectivity index (χ1) is 8.68. The Hall–Kier alpha value is -1.75. The molecule has 4 nitrogen and oxygen atoms in total. The van der Waals surface area contributed by atoms with E-state index in [1.165, 1.54) is 6.26 Å². The summed E-state index contributed by atoms with van der Waals surface area (Å²) in [6.45, 7) is 0.653. The van der Waals surface area contributed by atoms with Crippen molar-refractivity contribution < 1.29 is 9.21 Å². The van der Waals surface area contributed by atoms with Crippen LogP contribution in [-0.2, 0) is 6.42 Å². The van der Waals surface area contributed by atoms with E-state index in [9.17, 15) is 4.79 Å². The Bertz CT molecular complexity index is 621. The molecule has 2 N–H and O–H groups in total. The molecule has 0 spiro atoms. The van der Waals surface area contributed by atoms with Gasteiger partial charge in [0.2, 0.25) is 0 Å². The van der Waals surface area contributed by atoms with E-state index in [1.54, 1.807) is 11.0 Å². The Labute approximate surface area is 113 Å². The van der Waals surface area contributed by atoms with Gasteiger partial charge in [-0.25, -0.2) is 0 Å². The number of nitrogens with zero attached hydrogens (tertiary/aromatic N) is 1. The highest BCUT2D eigenvalue weighted by atomic mass is 79.9. The topological polar surface area (TPSA) is 59.5 Å². The Balaban J connectivity index is 2.00. The first-order valence-electron chi connectivity index (χ1n) is 5.60. The van der Waals surface area contributed by atoms with E-state index in [-0.39, 0.29) is 5.91 Å². The van der Waals surface area contributed by atoms with Gasteiger partial charge in [0, 0.05) is 23.5 Å². The van der Waals surface area contributed by atoms with Crippen LogP contribution in [0.3, 0.4) is 0 Å². The average Bonchev–Trinajstić information content (AvgIpc) is 2.95. The lowest BCUT2D eigenvalue weighted by atomic mass is 10.1. The van der Waals surface area contributed by atoms with Crippen LogP contribution in [-0.4, -0.2) is 12.5 Å². The fraction of sp³-hybridized carbons (Fsp3) is 0.154. The quantitative estimate of drug-likeness (QED) is 0.824. The van der Waals surface area contributed by atoms with Gasteiger partial charge in [0.25, 0.3) is 5.91 Å². The number of rotatable bonds is 1. The number of benzene rings is 1. The van der Waals surface area contributed by atoms with Gasteiger partial charge in [0.15, 0.2) is 4.67 Å². The van der Waals surface area contributed by atoms with Crippen LogP contribution in [0.15, 0.2) is 39.6 Å². The zero-order valence-corrected chi connectivity index (χ0v) is 11.1. The van der Waals surface area contributed by atoms with E-state index in [0.29, 0.717) is 16.8 Å². The van der Waals surface area contributed by atoms with Gasteiger partial charge in [-0.3, -0.25) is 4.79 Å². The second-order valence-electron chi connectivity index (χ2n) is 4.16. The van der Waals surface area contributed by atoms with Crippen molar-refractivity contribution in [2.24, 2.45) is 0 Å². The third-order valence-electron chi connectivity index (χ3n) is 3.16. The van der Waals surface area contributed by atoms with Gasteiger partial charge < -0.3 is 15.1 Å². The van der Waals surface area contributed by atoms with E-state index in [2.05, 4.69) is 15.9 Å². The maximum atomic E-state index is 12.4. The highest BCUT2D eigenvalue weighted by Gasteiger charge is 2.28. The molecule has 3 rings (SSSR count). The lowest BCUT2D eigenvalue weighted by molar-refractivity contribution is 0.0987. The number of anilines is 2. The summed E-state index contributed by atoms with van der Waals surface area (Å²) in [6, 6.07) is 7.31. The number of nitrogen functional groups attached to an aromatic ring is 1. The molecular formula is C13H11BrN2O2. The molecule has 18 heavy (non-hydrogen) atoms. The van der Waals surface area contributed by atoms with Crippen LogP contribution >= 0.6 is 15.9 Å². The molecule has 1 aromatic heterocycles. The molecule has 1 aliphatic rings. The van der Waals surface area contributed by atoms with Gasteiger partial charge in [-0.2, -0.15) is 0 Å². The summed E-state index contributed by atoms with van der Waals surface area (Å²) < 4.78 is 5.56. The molecule has 0 atom stereocenters. The van der Waals surface area contributed by atoms with Crippen LogP contribution in [0.25, 0.3) is 0 Å². The van der Waals surface area contributed by atoms with E-state index >= 15 is 0 Å². The van der Waals surface area contributed by atoms with Crippen LogP contribution in [0.2, 0.25) is 0 Å². The highest BCUT2D eigenvalue weighted by molar-refractivity contribution is 9.10. The number of hydrogen-bond donors (Lipinski definition) is 1. The minimum absolute atomic E-state index is 0.0695. The van der Waals surface area contributed by atoms with Crippen molar-refractivity contribution in [3.05, 3.63) is 46.3 Å². The zero-order valence-electron chi connectivity index (χ0n) is 9.52. The molecule has 0 fully saturated rings. The van der Waals surface area contributed by atoms with Gasteiger partial charge in [-0.05, 0) is 40.5 Å². The second kappa shape index (κ2) is 4.17. The number of amides is 1. The summed E-state index contributed by atoms with van der Waals surface area (Å²) in [4.78, 5) is 14.1. The second-order valence-corrected chi connectivity index (χ2v) is 4.88. The maximum absolute atomic E-state index is 12.4. The Morgan fingerprint density at radius 1 is 1.39 bits per heavy atom. The van der Waals surface area contributed by atoms with Crippen molar-refractivity contribution in [3.8, 4) is 0 Å². The molecule has 0 radical (unpaired) electrons. The van der Waals surface area contributed by atoms with Crippen molar-refractivity contribution in [2.75, 3.05) is 17.2 Å². The van der Waals surface area contributed by atoms with E-state index < -0.39 is 0 Å². The van der Waals surface area contributed by atoms with Gasteiger partial charge in [-0.1, -0.05) is 6.07 Å². The molecule has 92 valence electrons. The monoisotopic (exact) mass is 306 g/mol. The molecule has 1 aliphatic heterocycles. The fourth-order valence-electron chi connectivity index (χ4n) is 2.26. The minimum Gasteiger partial charge on any atom is -0.457 e. The first-order valence-corrected chi connectivity index (χ1v) is 6.40. The lowest BCUT2D eigenvalue weighted by Gasteiger charge is -2.16. The zero-order chi connectivity index (χ0) is 12.7. The maximum Gasteiger partial charge on any atom is 0.262 e. The van der Waals surface area contributed by atoms with Crippen LogP contribution in [0.5, 0.6) is 0 Å². The predicted octanol–water partition coefficient (Wildman–Crippen LogP) is 2.83. The fourth-order valence-corrected chi connectivity index (χ4v) is 2.67. The van der Waals surface area contributed by atoms with Crippen LogP contribution in [0.4, 0.5) is 11.4 Å². The third kappa shape index (κ3) is 1.62. The SMILES string of the molecule is Nc1cccc2c1CCN2C(=O)c1ccoc1Br. The number of halogens is 1. The Morgan fingerprint density at radius 2 is 2.22 bits per heavy atom. The van der Waals surface area contributed by atoms with Crippen molar-refractivity contribution >= 4 is 33.2 Å². The smallest absolute Gasteiger partial charge is 0.262 e. The summed E-state index contributed by atoms with van der Waals surface area (Å²) >= 11 is 3.23. The molecule has 0 saturated heterocycles. The van der Waals surface area contributed by atoms with Crippen LogP contribution in [0.1, 0.15) is 15.9 Å². The summed E-state index contributed by atoms with van der Waals surface area (Å²) in [5.74, 6) is -0.0695. The van der Waals surface area contributed by atoms with Gasteiger partial charge >= 0.3 is 0 Å². The van der Waals surface area contributed by atoms with E-state index in [4.69, 9.17) is 10.2 Å². The molecular weight excluding hydrogens is 296 g/mol. The molecule has 2 heterocycles. The van der Waals surface area contributed by atoms with Crippen molar-refractivity contribution in [1.82, 2.24) is 0 Å². The molecule has 0 saturated carbocycles. The van der Waals surface area contributed by atoms with E-state index in [1.807, 2.05) is 18.2 Å². The molecule has 0 aliphatic carbocycles. The van der Waals surface area contributed by atoms with Gasteiger partial charge in [0.1, 0.15) is 0 Å². The molecule has 2 aromatic rings. The Morgan fingerprint density at radius 3 is 2.94 bits per heavy atom. The van der Waals surface area contributed by atoms with E-state index in [0.717, 1.165) is 23.4 Å². The summed E-state index contributed by atoms with van der Waals surface area (Å²) in [5, 5.41) is 0. The number of hydrogen-bond acceptors (Lipinski definition) is 3. The highest BCUT2D eigenvalue weighted by Crippen LogP contribution is 2.34. The van der Waals surface area contributed by atoms with Crippen LogP contribution in [0, 0.1) is 0 Å². The summed E-state index contributed by atoms with van der Waals surface area (Å²) in [7, 11) is 0. The Kier molecular flexibility index (Phi) is 2.63. The molecule has 1 amide bonds. The van der Waals surface area contributed by atoms with Crippen molar-refractivity contribution in [2.45, 2.75) is 6.42 Å². The van der Waals surface area contributed by atoms with Gasteiger partial charge in [-0.15, -0.1) is 0 Å². The van der Waals surface area contributed by atoms with Crippen molar-refractivity contribution in [1.29, 1.82) is 0 Å².